The van der Waals surface area contributed by atoms with E-state index in [1.54, 1.807) is 12.1 Å². The van der Waals surface area contributed by atoms with Gasteiger partial charge in [0.2, 0.25) is 0 Å². The van der Waals surface area contributed by atoms with Crippen LogP contribution < -0.4 is 15.8 Å². The third-order valence-electron chi connectivity index (χ3n) is 3.27. The second kappa shape index (κ2) is 7.69. The first-order chi connectivity index (χ1) is 10.6. The Labute approximate surface area is 131 Å². The lowest BCUT2D eigenvalue weighted by Gasteiger charge is -2.13. The Morgan fingerprint density at radius 2 is 1.95 bits per heavy atom. The fourth-order valence-electron chi connectivity index (χ4n) is 2.23. The second-order valence-corrected chi connectivity index (χ2v) is 5.55. The predicted octanol–water partition coefficient (Wildman–Crippen LogP) is 4.24. The molecule has 3 N–H and O–H groups in total. The number of hydrogen-bond acceptors (Lipinski definition) is 3. The van der Waals surface area contributed by atoms with Gasteiger partial charge in [-0.05, 0) is 56.5 Å². The first-order valence-electron chi connectivity index (χ1n) is 7.59. The molecule has 2 rings (SSSR count). The van der Waals surface area contributed by atoms with E-state index in [9.17, 15) is 4.39 Å². The van der Waals surface area contributed by atoms with Crippen molar-refractivity contribution < 1.29 is 9.13 Å². The van der Waals surface area contributed by atoms with Crippen molar-refractivity contribution in [3.8, 4) is 5.75 Å². The first-order valence-corrected chi connectivity index (χ1v) is 7.59. The van der Waals surface area contributed by atoms with Gasteiger partial charge < -0.3 is 15.8 Å². The molecule has 118 valence electrons. The quantitative estimate of drug-likeness (QED) is 0.594. The Hall–Kier alpha value is -2.23. The number of ether oxygens (including phenoxy) is 1. The average molecular weight is 302 g/mol. The van der Waals surface area contributed by atoms with Crippen molar-refractivity contribution in [1.29, 1.82) is 0 Å². The number of para-hydroxylation sites is 1. The molecule has 0 radical (unpaired) electrons. The molecule has 4 heteroatoms. The highest BCUT2D eigenvalue weighted by Crippen LogP contribution is 2.24. The third-order valence-corrected chi connectivity index (χ3v) is 3.27. The summed E-state index contributed by atoms with van der Waals surface area (Å²) >= 11 is 0. The number of nitrogens with two attached hydrogens (primary N) is 1. The second-order valence-electron chi connectivity index (χ2n) is 5.55. The molecular formula is C18H23FN2O. The maximum Gasteiger partial charge on any atom is 0.146 e. The molecule has 0 amide bonds. The Morgan fingerprint density at radius 1 is 1.18 bits per heavy atom. The first kappa shape index (κ1) is 16.1. The number of hydrogen-bond donors (Lipinski definition) is 2. The van der Waals surface area contributed by atoms with Crippen molar-refractivity contribution in [2.75, 3.05) is 17.6 Å². The number of halogens is 1. The van der Waals surface area contributed by atoms with E-state index in [0.717, 1.165) is 24.2 Å². The number of aryl methyl sites for hydroxylation is 1. The maximum atomic E-state index is 13.4. The minimum atomic E-state index is -0.220. The maximum absolute atomic E-state index is 13.4. The van der Waals surface area contributed by atoms with Crippen molar-refractivity contribution >= 4 is 11.4 Å². The van der Waals surface area contributed by atoms with Crippen molar-refractivity contribution in [2.45, 2.75) is 32.8 Å². The van der Waals surface area contributed by atoms with Crippen LogP contribution in [0.5, 0.6) is 5.75 Å². The zero-order chi connectivity index (χ0) is 15.9. The van der Waals surface area contributed by atoms with Gasteiger partial charge in [-0.3, -0.25) is 0 Å². The summed E-state index contributed by atoms with van der Waals surface area (Å²) in [7, 11) is 0. The van der Waals surface area contributed by atoms with Crippen LogP contribution >= 0.6 is 0 Å². The minimum absolute atomic E-state index is 0.109. The lowest BCUT2D eigenvalue weighted by molar-refractivity contribution is 0.244. The fourth-order valence-corrected chi connectivity index (χ4v) is 2.23. The van der Waals surface area contributed by atoms with Crippen LogP contribution in [0.2, 0.25) is 0 Å². The molecule has 0 aliphatic carbocycles. The summed E-state index contributed by atoms with van der Waals surface area (Å²) in [6.07, 6.45) is 1.89. The van der Waals surface area contributed by atoms with E-state index < -0.39 is 0 Å². The Kier molecular flexibility index (Phi) is 5.64. The van der Waals surface area contributed by atoms with Crippen molar-refractivity contribution in [3.63, 3.8) is 0 Å². The van der Waals surface area contributed by atoms with E-state index in [1.807, 2.05) is 38.1 Å². The van der Waals surface area contributed by atoms with Gasteiger partial charge in [-0.25, -0.2) is 4.39 Å². The molecule has 0 saturated carbocycles. The number of rotatable bonds is 7. The summed E-state index contributed by atoms with van der Waals surface area (Å²) in [4.78, 5) is 0. The molecule has 0 heterocycles. The normalized spacial score (nSPS) is 10.7. The van der Waals surface area contributed by atoms with Gasteiger partial charge in [0, 0.05) is 6.54 Å². The van der Waals surface area contributed by atoms with E-state index in [-0.39, 0.29) is 11.9 Å². The Balaban J connectivity index is 1.82. The van der Waals surface area contributed by atoms with Crippen LogP contribution in [-0.4, -0.2) is 12.6 Å². The van der Waals surface area contributed by atoms with Gasteiger partial charge >= 0.3 is 0 Å². The lowest BCUT2D eigenvalue weighted by Crippen LogP contribution is -2.08. The van der Waals surface area contributed by atoms with Crippen LogP contribution in [-0.2, 0) is 6.42 Å². The number of anilines is 2. The molecule has 0 spiro atoms. The van der Waals surface area contributed by atoms with E-state index in [0.29, 0.717) is 17.9 Å². The van der Waals surface area contributed by atoms with Crippen molar-refractivity contribution in [1.82, 2.24) is 0 Å². The minimum Gasteiger partial charge on any atom is -0.489 e. The zero-order valence-corrected chi connectivity index (χ0v) is 13.1. The smallest absolute Gasteiger partial charge is 0.146 e. The molecule has 0 fully saturated rings. The van der Waals surface area contributed by atoms with E-state index in [1.165, 1.54) is 6.07 Å². The number of benzene rings is 2. The Bertz CT molecular complexity index is 614. The van der Waals surface area contributed by atoms with Crippen LogP contribution in [0, 0.1) is 5.82 Å². The van der Waals surface area contributed by atoms with Crippen molar-refractivity contribution in [3.05, 3.63) is 53.8 Å². The molecule has 0 aliphatic rings. The summed E-state index contributed by atoms with van der Waals surface area (Å²) in [6, 6.07) is 12.6. The summed E-state index contributed by atoms with van der Waals surface area (Å²) in [5, 5.41) is 3.10. The lowest BCUT2D eigenvalue weighted by atomic mass is 10.1. The summed E-state index contributed by atoms with van der Waals surface area (Å²) in [6.45, 7) is 4.66. The van der Waals surface area contributed by atoms with Gasteiger partial charge in [-0.2, -0.15) is 0 Å². The molecule has 2 aromatic rings. The molecule has 0 bridgehead atoms. The SMILES string of the molecule is CC(C)Oc1ccc(CCCNc2ccccc2F)cc1N. The summed E-state index contributed by atoms with van der Waals surface area (Å²) in [5.74, 6) is 0.505. The van der Waals surface area contributed by atoms with Crippen LogP contribution in [0.25, 0.3) is 0 Å². The molecule has 0 aliphatic heterocycles. The van der Waals surface area contributed by atoms with Gasteiger partial charge in [-0.15, -0.1) is 0 Å². The molecule has 3 nitrogen and oxygen atoms in total. The highest BCUT2D eigenvalue weighted by molar-refractivity contribution is 5.54. The van der Waals surface area contributed by atoms with Gasteiger partial charge in [0.15, 0.2) is 0 Å². The molecule has 0 atom stereocenters. The van der Waals surface area contributed by atoms with Crippen LogP contribution in [0.4, 0.5) is 15.8 Å². The van der Waals surface area contributed by atoms with Crippen LogP contribution in [0.15, 0.2) is 42.5 Å². The van der Waals surface area contributed by atoms with Crippen LogP contribution in [0.1, 0.15) is 25.8 Å². The van der Waals surface area contributed by atoms with E-state index in [2.05, 4.69) is 5.32 Å². The molecule has 2 aromatic carbocycles. The van der Waals surface area contributed by atoms with Gasteiger partial charge in [0.05, 0.1) is 17.5 Å². The predicted molar refractivity (Wildman–Crippen MR) is 89.8 cm³/mol. The monoisotopic (exact) mass is 302 g/mol. The fraction of sp³-hybridized carbons (Fsp3) is 0.333. The van der Waals surface area contributed by atoms with E-state index in [4.69, 9.17) is 10.5 Å². The average Bonchev–Trinajstić information content (AvgIpc) is 2.47. The highest BCUT2D eigenvalue weighted by atomic mass is 19.1. The molecule has 0 unspecified atom stereocenters. The largest absolute Gasteiger partial charge is 0.489 e. The third kappa shape index (κ3) is 4.65. The Morgan fingerprint density at radius 3 is 2.64 bits per heavy atom. The van der Waals surface area contributed by atoms with Gasteiger partial charge in [0.1, 0.15) is 11.6 Å². The highest BCUT2D eigenvalue weighted by Gasteiger charge is 2.04. The zero-order valence-electron chi connectivity index (χ0n) is 13.1. The molecule has 22 heavy (non-hydrogen) atoms. The molecular weight excluding hydrogens is 279 g/mol. The van der Waals surface area contributed by atoms with Gasteiger partial charge in [0.25, 0.3) is 0 Å². The topological polar surface area (TPSA) is 47.3 Å². The van der Waals surface area contributed by atoms with E-state index >= 15 is 0 Å². The molecule has 0 saturated heterocycles. The van der Waals surface area contributed by atoms with Gasteiger partial charge in [-0.1, -0.05) is 18.2 Å². The van der Waals surface area contributed by atoms with Crippen LogP contribution in [0.3, 0.4) is 0 Å². The number of nitrogens with one attached hydrogen (secondary N) is 1. The summed E-state index contributed by atoms with van der Waals surface area (Å²) in [5.41, 5.74) is 8.36. The number of nitrogen functional groups attached to an aromatic ring is 1. The molecule has 0 aromatic heterocycles. The van der Waals surface area contributed by atoms with Crippen molar-refractivity contribution in [2.24, 2.45) is 0 Å². The summed E-state index contributed by atoms with van der Waals surface area (Å²) < 4.78 is 19.1. The standard InChI is InChI=1S/C18H23FN2O/c1-13(2)22-18-10-9-14(12-16(18)20)6-5-11-21-17-8-4-3-7-15(17)19/h3-4,7-10,12-13,21H,5-6,11,20H2,1-2H3.